The van der Waals surface area contributed by atoms with Gasteiger partial charge in [0.15, 0.2) is 0 Å². The van der Waals surface area contributed by atoms with Gasteiger partial charge in [-0.1, -0.05) is 72.8 Å². The summed E-state index contributed by atoms with van der Waals surface area (Å²) >= 11 is 0. The van der Waals surface area contributed by atoms with Gasteiger partial charge in [0.2, 0.25) is 0 Å². The third kappa shape index (κ3) is 5.81. The van der Waals surface area contributed by atoms with E-state index in [1.54, 1.807) is 24.3 Å². The molecule has 0 spiro atoms. The van der Waals surface area contributed by atoms with Crippen LogP contribution in [0.2, 0.25) is 0 Å². The molecule has 3 aromatic carbocycles. The second-order valence-electron chi connectivity index (χ2n) is 9.39. The molecule has 0 amide bonds. The Labute approximate surface area is 208 Å². The van der Waals surface area contributed by atoms with E-state index in [1.807, 2.05) is 60.7 Å². The molecule has 4 rings (SSSR count). The van der Waals surface area contributed by atoms with Crippen LogP contribution >= 0.6 is 0 Å². The first-order valence-corrected chi connectivity index (χ1v) is 12.4. The Kier molecular flexibility index (Phi) is 8.34. The monoisotopic (exact) mass is 473 g/mol. The molecule has 1 atom stereocenters. The quantitative estimate of drug-likeness (QED) is 0.431. The van der Waals surface area contributed by atoms with Crippen molar-refractivity contribution in [2.45, 2.75) is 37.4 Å². The number of nitrogens with zero attached hydrogens (tertiary/aromatic N) is 1. The van der Waals surface area contributed by atoms with Gasteiger partial charge in [-0.25, -0.2) is 4.79 Å². The van der Waals surface area contributed by atoms with Gasteiger partial charge in [0, 0.05) is 0 Å². The molecular formula is C30H35NO4. The van der Waals surface area contributed by atoms with Crippen LogP contribution in [-0.2, 0) is 10.3 Å². The Morgan fingerprint density at radius 1 is 0.943 bits per heavy atom. The van der Waals surface area contributed by atoms with Crippen molar-refractivity contribution in [3.05, 3.63) is 107 Å². The number of hydrogen-bond acceptors (Lipinski definition) is 5. The van der Waals surface area contributed by atoms with Crippen LogP contribution in [0.4, 0.5) is 0 Å². The highest BCUT2D eigenvalue weighted by atomic mass is 16.5. The molecule has 184 valence electrons. The smallest absolute Gasteiger partial charge is 0.337 e. The molecule has 3 aromatic rings. The van der Waals surface area contributed by atoms with Crippen LogP contribution in [0.5, 0.6) is 0 Å². The van der Waals surface area contributed by atoms with Crippen LogP contribution in [0.3, 0.4) is 0 Å². The van der Waals surface area contributed by atoms with Gasteiger partial charge in [-0.2, -0.15) is 0 Å². The fourth-order valence-corrected chi connectivity index (χ4v) is 5.23. The van der Waals surface area contributed by atoms with Crippen LogP contribution in [-0.4, -0.2) is 47.8 Å². The van der Waals surface area contributed by atoms with Crippen molar-refractivity contribution in [3.8, 4) is 0 Å². The zero-order chi connectivity index (χ0) is 24.7. The number of carbonyl (C=O) groups is 1. The van der Waals surface area contributed by atoms with Gasteiger partial charge in [-0.05, 0) is 80.1 Å². The van der Waals surface area contributed by atoms with Crippen LogP contribution in [0.15, 0.2) is 84.9 Å². The molecule has 1 saturated heterocycles. The number of benzene rings is 3. The van der Waals surface area contributed by atoms with E-state index < -0.39 is 11.7 Å². The number of carbonyl (C=O) groups excluding carboxylic acids is 1. The molecular weight excluding hydrogens is 438 g/mol. The fraction of sp³-hybridized carbons (Fsp3) is 0.367. The number of ether oxygens (including phenoxy) is 1. The molecule has 35 heavy (non-hydrogen) atoms. The SMILES string of the molecule is COC(=O)c1ccc(C(O)CCCN2CCC(C(O)(c3ccccc3)c3ccccc3)CC2)cc1. The van der Waals surface area contributed by atoms with Gasteiger partial charge in [0.1, 0.15) is 5.60 Å². The van der Waals surface area contributed by atoms with E-state index in [0.717, 1.165) is 55.6 Å². The minimum Gasteiger partial charge on any atom is -0.465 e. The van der Waals surface area contributed by atoms with Crippen molar-refractivity contribution in [1.82, 2.24) is 4.90 Å². The van der Waals surface area contributed by atoms with E-state index >= 15 is 0 Å². The second-order valence-corrected chi connectivity index (χ2v) is 9.39. The molecule has 5 nitrogen and oxygen atoms in total. The molecule has 0 bridgehead atoms. The largest absolute Gasteiger partial charge is 0.465 e. The topological polar surface area (TPSA) is 70.0 Å². The van der Waals surface area contributed by atoms with Gasteiger partial charge >= 0.3 is 5.97 Å². The van der Waals surface area contributed by atoms with E-state index in [4.69, 9.17) is 4.74 Å². The maximum Gasteiger partial charge on any atom is 0.337 e. The summed E-state index contributed by atoms with van der Waals surface area (Å²) in [6.45, 7) is 2.77. The predicted octanol–water partition coefficient (Wildman–Crippen LogP) is 4.93. The summed E-state index contributed by atoms with van der Waals surface area (Å²) in [7, 11) is 1.36. The summed E-state index contributed by atoms with van der Waals surface area (Å²) in [6.07, 6.45) is 2.82. The maximum atomic E-state index is 12.0. The zero-order valence-corrected chi connectivity index (χ0v) is 20.3. The van der Waals surface area contributed by atoms with E-state index in [9.17, 15) is 15.0 Å². The van der Waals surface area contributed by atoms with Gasteiger partial charge in [0.25, 0.3) is 0 Å². The molecule has 2 N–H and O–H groups in total. The van der Waals surface area contributed by atoms with Crippen molar-refractivity contribution in [3.63, 3.8) is 0 Å². The number of likely N-dealkylation sites (tertiary alicyclic amines) is 1. The standard InChI is InChI=1S/C30H35NO4/c1-35-29(33)24-16-14-23(15-17-24)28(32)13-8-20-31-21-18-27(19-22-31)30(34,25-9-4-2-5-10-25)26-11-6-3-7-12-26/h2-7,9-12,14-17,27-28,32,34H,8,13,18-22H2,1H3. The lowest BCUT2D eigenvalue weighted by Crippen LogP contribution is -2.44. The maximum absolute atomic E-state index is 12.0. The first-order chi connectivity index (χ1) is 17.0. The van der Waals surface area contributed by atoms with Crippen LogP contribution in [0, 0.1) is 5.92 Å². The first kappa shape index (κ1) is 25.1. The van der Waals surface area contributed by atoms with Gasteiger partial charge in [-0.15, -0.1) is 0 Å². The lowest BCUT2D eigenvalue weighted by atomic mass is 9.72. The van der Waals surface area contributed by atoms with Gasteiger partial charge < -0.3 is 19.8 Å². The van der Waals surface area contributed by atoms with Crippen molar-refractivity contribution in [2.24, 2.45) is 5.92 Å². The Balaban J connectivity index is 1.31. The molecule has 0 saturated carbocycles. The average Bonchev–Trinajstić information content (AvgIpc) is 2.93. The second kappa shape index (κ2) is 11.6. The van der Waals surface area contributed by atoms with E-state index in [0.29, 0.717) is 12.0 Å². The van der Waals surface area contributed by atoms with Crippen molar-refractivity contribution in [2.75, 3.05) is 26.7 Å². The molecule has 0 aromatic heterocycles. The van der Waals surface area contributed by atoms with E-state index in [2.05, 4.69) is 4.90 Å². The zero-order valence-electron chi connectivity index (χ0n) is 20.3. The molecule has 1 fully saturated rings. The summed E-state index contributed by atoms with van der Waals surface area (Å²) in [5.74, 6) is -0.233. The number of esters is 1. The number of piperidine rings is 1. The van der Waals surface area contributed by atoms with Gasteiger partial charge in [0.05, 0.1) is 18.8 Å². The lowest BCUT2D eigenvalue weighted by molar-refractivity contribution is -0.0146. The minimum atomic E-state index is -0.999. The molecule has 1 aliphatic heterocycles. The molecule has 1 heterocycles. The number of methoxy groups -OCH3 is 1. The Bertz CT molecular complexity index is 1020. The van der Waals surface area contributed by atoms with Crippen LogP contribution in [0.25, 0.3) is 0 Å². The highest BCUT2D eigenvalue weighted by Gasteiger charge is 2.41. The van der Waals surface area contributed by atoms with Crippen molar-refractivity contribution < 1.29 is 19.7 Å². The lowest BCUT2D eigenvalue weighted by Gasteiger charge is -2.42. The normalized spacial score (nSPS) is 16.1. The van der Waals surface area contributed by atoms with E-state index in [-0.39, 0.29) is 11.9 Å². The highest BCUT2D eigenvalue weighted by molar-refractivity contribution is 5.89. The first-order valence-electron chi connectivity index (χ1n) is 12.4. The molecule has 1 aliphatic rings. The Morgan fingerprint density at radius 3 is 2.00 bits per heavy atom. The number of aliphatic hydroxyl groups is 2. The summed E-state index contributed by atoms with van der Waals surface area (Å²) in [5, 5.41) is 22.6. The highest BCUT2D eigenvalue weighted by Crippen LogP contribution is 2.41. The third-order valence-corrected chi connectivity index (χ3v) is 7.27. The number of aliphatic hydroxyl groups excluding tert-OH is 1. The van der Waals surface area contributed by atoms with E-state index in [1.165, 1.54) is 7.11 Å². The summed E-state index contributed by atoms with van der Waals surface area (Å²) < 4.78 is 4.72. The molecule has 1 unspecified atom stereocenters. The molecule has 5 heteroatoms. The molecule has 0 radical (unpaired) electrons. The van der Waals surface area contributed by atoms with Crippen molar-refractivity contribution in [1.29, 1.82) is 0 Å². The number of hydrogen-bond donors (Lipinski definition) is 2. The Hall–Kier alpha value is -2.99. The fourth-order valence-electron chi connectivity index (χ4n) is 5.23. The molecule has 0 aliphatic carbocycles. The summed E-state index contributed by atoms with van der Waals surface area (Å²) in [6, 6.07) is 27.0. The third-order valence-electron chi connectivity index (χ3n) is 7.27. The van der Waals surface area contributed by atoms with Crippen molar-refractivity contribution >= 4 is 5.97 Å². The van der Waals surface area contributed by atoms with Crippen LogP contribution < -0.4 is 0 Å². The van der Waals surface area contributed by atoms with Crippen LogP contribution in [0.1, 0.15) is 58.8 Å². The average molecular weight is 474 g/mol. The van der Waals surface area contributed by atoms with Gasteiger partial charge in [-0.3, -0.25) is 0 Å². The number of rotatable bonds is 9. The minimum absolute atomic E-state index is 0.141. The predicted molar refractivity (Wildman–Crippen MR) is 137 cm³/mol. The summed E-state index contributed by atoms with van der Waals surface area (Å²) in [5.41, 5.74) is 2.20. The Morgan fingerprint density at radius 2 is 1.49 bits per heavy atom. The summed E-state index contributed by atoms with van der Waals surface area (Å²) in [4.78, 5) is 14.0.